The summed E-state index contributed by atoms with van der Waals surface area (Å²) in [7, 11) is 0. The normalized spacial score (nSPS) is 42.9. The zero-order chi connectivity index (χ0) is 12.6. The lowest BCUT2D eigenvalue weighted by Gasteiger charge is -2.39. The second kappa shape index (κ2) is 5.14. The van der Waals surface area contributed by atoms with Crippen LogP contribution in [0.5, 0.6) is 0 Å². The number of fused-ring (bicyclic) bond motifs is 1. The molecule has 6 atom stereocenters. The van der Waals surface area contributed by atoms with Gasteiger partial charge >= 0.3 is 0 Å². The van der Waals surface area contributed by atoms with Gasteiger partial charge in [-0.1, -0.05) is 11.8 Å². The molecule has 0 radical (unpaired) electrons. The van der Waals surface area contributed by atoms with Gasteiger partial charge in [0.25, 0.3) is 0 Å². The van der Waals surface area contributed by atoms with E-state index in [1.165, 1.54) is 0 Å². The minimum absolute atomic E-state index is 0.155. The van der Waals surface area contributed by atoms with Crippen molar-refractivity contribution in [3.8, 4) is 0 Å². The van der Waals surface area contributed by atoms with E-state index in [2.05, 4.69) is 10.3 Å². The van der Waals surface area contributed by atoms with Gasteiger partial charge in [-0.2, -0.15) is 0 Å². The van der Waals surface area contributed by atoms with Crippen LogP contribution in [-0.2, 0) is 0 Å². The van der Waals surface area contributed by atoms with E-state index in [0.717, 1.165) is 11.7 Å². The summed E-state index contributed by atoms with van der Waals surface area (Å²) in [5, 5.41) is 33.8. The zero-order valence-corrected chi connectivity index (χ0v) is 10.9. The fourth-order valence-corrected chi connectivity index (χ4v) is 3.91. The molecule has 1 saturated carbocycles. The van der Waals surface area contributed by atoms with E-state index in [1.54, 1.807) is 18.7 Å². The maximum absolute atomic E-state index is 10.0. The van der Waals surface area contributed by atoms with Crippen molar-refractivity contribution in [1.82, 2.24) is 5.32 Å². The molecule has 1 fully saturated rings. The smallest absolute Gasteiger partial charge is 0.157 e. The lowest BCUT2D eigenvalue weighted by molar-refractivity contribution is -0.0834. The van der Waals surface area contributed by atoms with E-state index in [1.807, 2.05) is 6.92 Å². The molecule has 1 aliphatic carbocycles. The minimum Gasteiger partial charge on any atom is -0.393 e. The fourth-order valence-electron chi connectivity index (χ4n) is 2.53. The fraction of sp³-hybridized carbons (Fsp3) is 0.909. The third-order valence-corrected chi connectivity index (χ3v) is 4.75. The van der Waals surface area contributed by atoms with E-state index in [9.17, 15) is 15.3 Å². The molecule has 6 heteroatoms. The van der Waals surface area contributed by atoms with Crippen molar-refractivity contribution in [3.63, 3.8) is 0 Å². The van der Waals surface area contributed by atoms with Crippen molar-refractivity contribution in [2.75, 3.05) is 6.54 Å². The summed E-state index contributed by atoms with van der Waals surface area (Å²) in [6.45, 7) is 4.45. The molecule has 4 N–H and O–H groups in total. The molecule has 5 nitrogen and oxygen atoms in total. The molecule has 1 heterocycles. The summed E-state index contributed by atoms with van der Waals surface area (Å²) in [6, 6.07) is -0.251. The highest BCUT2D eigenvalue weighted by Gasteiger charge is 2.48. The first kappa shape index (κ1) is 13.1. The van der Waals surface area contributed by atoms with Crippen LogP contribution in [0.1, 0.15) is 20.3 Å². The second-order valence-electron chi connectivity index (χ2n) is 4.73. The number of nitrogens with one attached hydrogen (secondary N) is 1. The van der Waals surface area contributed by atoms with Crippen molar-refractivity contribution in [1.29, 1.82) is 0 Å². The van der Waals surface area contributed by atoms with Crippen molar-refractivity contribution in [2.24, 2.45) is 10.9 Å². The van der Waals surface area contributed by atoms with Crippen molar-refractivity contribution < 1.29 is 15.3 Å². The molecule has 2 aliphatic rings. The second-order valence-corrected chi connectivity index (χ2v) is 5.96. The Morgan fingerprint density at radius 2 is 2.18 bits per heavy atom. The Bertz CT molecular complexity index is 311. The average molecular weight is 260 g/mol. The molecular formula is C11H20N2O3S. The van der Waals surface area contributed by atoms with Crippen molar-refractivity contribution in [3.05, 3.63) is 0 Å². The van der Waals surface area contributed by atoms with E-state index in [4.69, 9.17) is 0 Å². The molecule has 1 aliphatic heterocycles. The maximum Gasteiger partial charge on any atom is 0.157 e. The summed E-state index contributed by atoms with van der Waals surface area (Å²) in [6.07, 6.45) is -1.69. The number of aliphatic imine (C=N–C) groups is 1. The SMILES string of the molecule is CCNC1=NC2C(CC([C@H](C)O)C(O)C2O)S1. The third kappa shape index (κ3) is 2.45. The highest BCUT2D eigenvalue weighted by Crippen LogP contribution is 2.40. The molecule has 17 heavy (non-hydrogen) atoms. The number of thioether (sulfide) groups is 1. The van der Waals surface area contributed by atoms with Gasteiger partial charge in [-0.15, -0.1) is 0 Å². The predicted octanol–water partition coefficient (Wildman–Crippen LogP) is -0.442. The predicted molar refractivity (Wildman–Crippen MR) is 68.1 cm³/mol. The molecule has 0 aromatic carbocycles. The summed E-state index contributed by atoms with van der Waals surface area (Å²) in [5.74, 6) is -0.269. The van der Waals surface area contributed by atoms with Gasteiger partial charge in [0.2, 0.25) is 0 Å². The largest absolute Gasteiger partial charge is 0.393 e. The van der Waals surface area contributed by atoms with Gasteiger partial charge in [-0.05, 0) is 20.3 Å². The van der Waals surface area contributed by atoms with Crippen molar-refractivity contribution >= 4 is 16.9 Å². The quantitative estimate of drug-likeness (QED) is 0.541. The van der Waals surface area contributed by atoms with Gasteiger partial charge in [-0.3, -0.25) is 4.99 Å². The Hall–Kier alpha value is -0.300. The lowest BCUT2D eigenvalue weighted by atomic mass is 9.78. The van der Waals surface area contributed by atoms with Gasteiger partial charge < -0.3 is 20.6 Å². The average Bonchev–Trinajstić information content (AvgIpc) is 2.66. The lowest BCUT2D eigenvalue weighted by Crippen LogP contribution is -2.53. The highest BCUT2D eigenvalue weighted by atomic mass is 32.2. The van der Waals surface area contributed by atoms with Crippen LogP contribution in [-0.4, -0.2) is 56.6 Å². The van der Waals surface area contributed by atoms with Crippen LogP contribution in [0.15, 0.2) is 4.99 Å². The third-order valence-electron chi connectivity index (χ3n) is 3.50. The van der Waals surface area contributed by atoms with Gasteiger partial charge in [0.1, 0.15) is 6.10 Å². The van der Waals surface area contributed by atoms with Gasteiger partial charge in [0, 0.05) is 17.7 Å². The molecule has 0 bridgehead atoms. The van der Waals surface area contributed by atoms with Crippen LogP contribution < -0.4 is 5.32 Å². The van der Waals surface area contributed by atoms with Crippen LogP contribution in [0.4, 0.5) is 0 Å². The summed E-state index contributed by atoms with van der Waals surface area (Å²) >= 11 is 1.60. The molecule has 0 spiro atoms. The molecule has 0 aromatic rings. The highest BCUT2D eigenvalue weighted by molar-refractivity contribution is 8.14. The standard InChI is InChI=1S/C11H20N2O3S/c1-3-12-11-13-8-7(17-11)4-6(5(2)14)9(15)10(8)16/h5-10,14-16H,3-4H2,1-2H3,(H,12,13)/t5-,6?,7?,8?,9?,10?/m0/s1. The number of aliphatic hydroxyl groups excluding tert-OH is 3. The number of nitrogens with zero attached hydrogens (tertiary/aromatic N) is 1. The van der Waals surface area contributed by atoms with E-state index in [-0.39, 0.29) is 17.2 Å². The molecule has 5 unspecified atom stereocenters. The Balaban J connectivity index is 2.10. The van der Waals surface area contributed by atoms with Crippen LogP contribution in [0.2, 0.25) is 0 Å². The van der Waals surface area contributed by atoms with E-state index < -0.39 is 18.3 Å². The maximum atomic E-state index is 10.0. The molecule has 0 aromatic heterocycles. The number of hydrogen-bond acceptors (Lipinski definition) is 6. The Morgan fingerprint density at radius 1 is 1.47 bits per heavy atom. The Labute approximate surface area is 105 Å². The van der Waals surface area contributed by atoms with Crippen LogP contribution in [0.25, 0.3) is 0 Å². The Kier molecular flexibility index (Phi) is 3.97. The van der Waals surface area contributed by atoms with Gasteiger partial charge in [-0.25, -0.2) is 0 Å². The van der Waals surface area contributed by atoms with Crippen molar-refractivity contribution in [2.45, 2.75) is 49.9 Å². The first-order chi connectivity index (χ1) is 8.04. The molecule has 0 saturated heterocycles. The first-order valence-electron chi connectivity index (χ1n) is 6.07. The van der Waals surface area contributed by atoms with Crippen LogP contribution in [0, 0.1) is 5.92 Å². The molecule has 2 rings (SSSR count). The monoisotopic (exact) mass is 260 g/mol. The van der Waals surface area contributed by atoms with Gasteiger partial charge in [0.05, 0.1) is 18.2 Å². The molecule has 98 valence electrons. The molecule has 0 amide bonds. The first-order valence-corrected chi connectivity index (χ1v) is 6.95. The number of amidine groups is 1. The number of hydrogen-bond donors (Lipinski definition) is 4. The summed E-state index contributed by atoms with van der Waals surface area (Å²) in [4.78, 5) is 4.40. The Morgan fingerprint density at radius 3 is 2.76 bits per heavy atom. The number of rotatable bonds is 2. The van der Waals surface area contributed by atoms with E-state index in [0.29, 0.717) is 6.42 Å². The van der Waals surface area contributed by atoms with E-state index >= 15 is 0 Å². The summed E-state index contributed by atoms with van der Waals surface area (Å²) < 4.78 is 0. The van der Waals surface area contributed by atoms with Crippen LogP contribution >= 0.6 is 11.8 Å². The summed E-state index contributed by atoms with van der Waals surface area (Å²) in [5.41, 5.74) is 0. The van der Waals surface area contributed by atoms with Crippen LogP contribution in [0.3, 0.4) is 0 Å². The molecular weight excluding hydrogens is 240 g/mol. The topological polar surface area (TPSA) is 85.1 Å². The van der Waals surface area contributed by atoms with Gasteiger partial charge in [0.15, 0.2) is 5.17 Å². The number of aliphatic hydroxyl groups is 3. The zero-order valence-electron chi connectivity index (χ0n) is 10.1. The minimum atomic E-state index is -0.887.